The van der Waals surface area contributed by atoms with Crippen LogP contribution in [0, 0.1) is 0 Å². The van der Waals surface area contributed by atoms with Gasteiger partial charge < -0.3 is 5.73 Å². The van der Waals surface area contributed by atoms with Crippen LogP contribution in [-0.4, -0.2) is 5.10 Å². The summed E-state index contributed by atoms with van der Waals surface area (Å²) < 4.78 is 2.05. The predicted octanol–water partition coefficient (Wildman–Crippen LogP) is 1.46. The number of nitrogens with two attached hydrogens (primary N) is 1. The molecule has 0 spiro atoms. The highest BCUT2D eigenvalue weighted by Crippen LogP contribution is 2.22. The molecule has 1 aliphatic carbocycles. The summed E-state index contributed by atoms with van der Waals surface area (Å²) in [7, 11) is 0. The Balaban J connectivity index is 2.10. The molecular weight excluding hydrogens is 162 g/mol. The molecule has 0 amide bonds. The van der Waals surface area contributed by atoms with Gasteiger partial charge in [0.1, 0.15) is 6.20 Å². The number of nitrogen functional groups attached to an aromatic ring is 1. The molecule has 70 valence electrons. The Morgan fingerprint density at radius 1 is 1.31 bits per heavy atom. The van der Waals surface area contributed by atoms with Crippen molar-refractivity contribution in [1.29, 1.82) is 0 Å². The summed E-state index contributed by atoms with van der Waals surface area (Å²) in [6, 6.07) is 2.52. The number of hydrogen-bond acceptors (Lipinski definition) is 2. The first kappa shape index (κ1) is 8.48. The average Bonchev–Trinajstić information content (AvgIpc) is 2.20. The summed E-state index contributed by atoms with van der Waals surface area (Å²) in [6.07, 6.45) is 10.3. The zero-order valence-electron chi connectivity index (χ0n) is 7.82. The first-order valence-corrected chi connectivity index (χ1v) is 4.99. The summed E-state index contributed by atoms with van der Waals surface area (Å²) in [5.74, 6) is 0. The third-order valence-corrected chi connectivity index (χ3v) is 2.71. The van der Waals surface area contributed by atoms with Crippen molar-refractivity contribution in [2.45, 2.75) is 38.1 Å². The molecule has 1 heterocycles. The van der Waals surface area contributed by atoms with Gasteiger partial charge in [-0.05, 0) is 17.9 Å². The summed E-state index contributed by atoms with van der Waals surface area (Å²) in [5, 5.41) is 4.29. The Kier molecular flexibility index (Phi) is 2.43. The van der Waals surface area contributed by atoms with Gasteiger partial charge in [0, 0.05) is 18.9 Å². The zero-order chi connectivity index (χ0) is 9.10. The number of rotatable bonds is 1. The Bertz CT molecular complexity index is 262. The lowest BCUT2D eigenvalue weighted by Crippen LogP contribution is -2.43. The highest BCUT2D eigenvalue weighted by Gasteiger charge is 2.22. The Morgan fingerprint density at radius 3 is 2.69 bits per heavy atom. The van der Waals surface area contributed by atoms with Gasteiger partial charge in [-0.1, -0.05) is 11.1 Å². The molecule has 1 aromatic rings. The second-order valence-electron chi connectivity index (χ2n) is 3.73. The fourth-order valence-electron chi connectivity index (χ4n) is 1.94. The van der Waals surface area contributed by atoms with Crippen molar-refractivity contribution in [3.05, 3.63) is 18.5 Å². The van der Waals surface area contributed by atoms with Crippen molar-refractivity contribution >= 4 is 5.69 Å². The molecule has 0 unspecified atom stereocenters. The van der Waals surface area contributed by atoms with E-state index in [2.05, 4.69) is 9.78 Å². The molecule has 13 heavy (non-hydrogen) atoms. The van der Waals surface area contributed by atoms with Gasteiger partial charge in [0.25, 0.3) is 0 Å². The van der Waals surface area contributed by atoms with E-state index in [-0.39, 0.29) is 0 Å². The Morgan fingerprint density at radius 2 is 2.08 bits per heavy atom. The van der Waals surface area contributed by atoms with E-state index in [1.54, 1.807) is 6.20 Å². The maximum absolute atomic E-state index is 5.58. The predicted molar refractivity (Wildman–Crippen MR) is 51.0 cm³/mol. The van der Waals surface area contributed by atoms with Gasteiger partial charge in [0.15, 0.2) is 12.2 Å². The first-order chi connectivity index (χ1) is 6.36. The SMILES string of the molecule is Nc1cc[n+](C2CCCCC2)nc1. The van der Waals surface area contributed by atoms with Crippen molar-refractivity contribution in [3.63, 3.8) is 0 Å². The molecule has 0 radical (unpaired) electrons. The van der Waals surface area contributed by atoms with Gasteiger partial charge in [0.2, 0.25) is 0 Å². The van der Waals surface area contributed by atoms with Crippen molar-refractivity contribution < 1.29 is 4.68 Å². The van der Waals surface area contributed by atoms with E-state index < -0.39 is 0 Å². The van der Waals surface area contributed by atoms with Crippen molar-refractivity contribution in [1.82, 2.24) is 5.10 Å². The molecule has 3 heteroatoms. The number of anilines is 1. The first-order valence-electron chi connectivity index (χ1n) is 4.99. The van der Waals surface area contributed by atoms with Crippen LogP contribution in [0.25, 0.3) is 0 Å². The fourth-order valence-corrected chi connectivity index (χ4v) is 1.94. The maximum Gasteiger partial charge on any atom is 0.198 e. The summed E-state index contributed by atoms with van der Waals surface area (Å²) in [4.78, 5) is 0. The van der Waals surface area contributed by atoms with E-state index in [1.165, 1.54) is 32.1 Å². The van der Waals surface area contributed by atoms with Gasteiger partial charge in [-0.2, -0.15) is 0 Å². The lowest BCUT2D eigenvalue weighted by atomic mass is 9.96. The minimum atomic E-state index is 0.606. The molecule has 1 aliphatic rings. The highest BCUT2D eigenvalue weighted by atomic mass is 15.3. The van der Waals surface area contributed by atoms with Crippen LogP contribution in [0.4, 0.5) is 5.69 Å². The summed E-state index contributed by atoms with van der Waals surface area (Å²) >= 11 is 0. The smallest absolute Gasteiger partial charge is 0.198 e. The van der Waals surface area contributed by atoms with E-state index in [0.29, 0.717) is 6.04 Å². The number of aromatic nitrogens is 2. The molecule has 2 N–H and O–H groups in total. The van der Waals surface area contributed by atoms with Gasteiger partial charge in [-0.15, -0.1) is 0 Å². The molecule has 1 aromatic heterocycles. The van der Waals surface area contributed by atoms with E-state index in [0.717, 1.165) is 5.69 Å². The Hall–Kier alpha value is -1.12. The number of nitrogens with zero attached hydrogens (tertiary/aromatic N) is 2. The van der Waals surface area contributed by atoms with Crippen molar-refractivity contribution in [2.24, 2.45) is 0 Å². The lowest BCUT2D eigenvalue weighted by molar-refractivity contribution is -0.779. The molecule has 2 rings (SSSR count). The van der Waals surface area contributed by atoms with Crippen molar-refractivity contribution in [3.8, 4) is 0 Å². The highest BCUT2D eigenvalue weighted by molar-refractivity contribution is 5.30. The summed E-state index contributed by atoms with van der Waals surface area (Å²) in [6.45, 7) is 0. The monoisotopic (exact) mass is 178 g/mol. The van der Waals surface area contributed by atoms with Crippen LogP contribution in [0.15, 0.2) is 18.5 Å². The minimum Gasteiger partial charge on any atom is -0.397 e. The van der Waals surface area contributed by atoms with Crippen LogP contribution in [0.3, 0.4) is 0 Å². The third-order valence-electron chi connectivity index (χ3n) is 2.71. The van der Waals surface area contributed by atoms with Crippen LogP contribution in [0.2, 0.25) is 0 Å². The molecule has 3 nitrogen and oxygen atoms in total. The fraction of sp³-hybridized carbons (Fsp3) is 0.600. The Labute approximate surface area is 78.6 Å². The molecule has 0 atom stereocenters. The van der Waals surface area contributed by atoms with Gasteiger partial charge in [-0.25, -0.2) is 0 Å². The van der Waals surface area contributed by atoms with Crippen LogP contribution in [0.5, 0.6) is 0 Å². The van der Waals surface area contributed by atoms with E-state index in [4.69, 9.17) is 5.73 Å². The average molecular weight is 178 g/mol. The number of hydrogen-bond donors (Lipinski definition) is 1. The largest absolute Gasteiger partial charge is 0.397 e. The maximum atomic E-state index is 5.58. The van der Waals surface area contributed by atoms with Crippen LogP contribution >= 0.6 is 0 Å². The minimum absolute atomic E-state index is 0.606. The molecule has 0 bridgehead atoms. The summed E-state index contributed by atoms with van der Waals surface area (Å²) in [5.41, 5.74) is 6.32. The molecule has 1 saturated carbocycles. The zero-order valence-corrected chi connectivity index (χ0v) is 7.82. The van der Waals surface area contributed by atoms with Gasteiger partial charge in [-0.3, -0.25) is 0 Å². The van der Waals surface area contributed by atoms with E-state index in [1.807, 2.05) is 12.3 Å². The lowest BCUT2D eigenvalue weighted by Gasteiger charge is -2.14. The second-order valence-corrected chi connectivity index (χ2v) is 3.73. The molecule has 0 aliphatic heterocycles. The second kappa shape index (κ2) is 3.73. The standard InChI is InChI=1S/C10H15N3/c11-9-6-7-13(12-8-9)10-4-2-1-3-5-10/h6-8,10-11H,1-5H2/p+1. The molecule has 1 fully saturated rings. The quantitative estimate of drug-likeness (QED) is 0.661. The molecule has 0 aromatic carbocycles. The van der Waals surface area contributed by atoms with Crippen LogP contribution in [-0.2, 0) is 0 Å². The van der Waals surface area contributed by atoms with E-state index >= 15 is 0 Å². The normalized spacial score (nSPS) is 18.8. The van der Waals surface area contributed by atoms with Crippen LogP contribution in [0.1, 0.15) is 38.1 Å². The van der Waals surface area contributed by atoms with Gasteiger partial charge >= 0.3 is 0 Å². The topological polar surface area (TPSA) is 42.8 Å². The van der Waals surface area contributed by atoms with Crippen molar-refractivity contribution in [2.75, 3.05) is 5.73 Å². The third kappa shape index (κ3) is 1.97. The molecule has 0 saturated heterocycles. The molecular formula is C10H16N3+. The van der Waals surface area contributed by atoms with Crippen LogP contribution < -0.4 is 10.4 Å². The van der Waals surface area contributed by atoms with E-state index in [9.17, 15) is 0 Å². The van der Waals surface area contributed by atoms with Gasteiger partial charge in [0.05, 0.1) is 5.69 Å².